The molecule has 0 radical (unpaired) electrons. The Balaban J connectivity index is 2.10. The molecule has 0 amide bonds. The molecule has 2 rings (SSSR count). The molecule has 0 bridgehead atoms. The molecule has 1 aliphatic carbocycles. The molecule has 0 atom stereocenters. The van der Waals surface area contributed by atoms with Crippen LogP contribution in [0.2, 0.25) is 5.02 Å². The number of alkyl halides is 1. The molecule has 102 valence electrons. The number of hydrogen-bond acceptors (Lipinski definition) is 2. The number of aryl methyl sites for hydroxylation is 2. The van der Waals surface area contributed by atoms with Gasteiger partial charge in [-0.3, -0.25) is 4.68 Å². The number of aromatic nitrogens is 2. The molecule has 1 aromatic rings. The zero-order chi connectivity index (χ0) is 13.2. The van der Waals surface area contributed by atoms with Crippen molar-refractivity contribution in [3.8, 4) is 0 Å². The summed E-state index contributed by atoms with van der Waals surface area (Å²) >= 11 is 12.4. The zero-order valence-corrected chi connectivity index (χ0v) is 12.6. The van der Waals surface area contributed by atoms with Crippen molar-refractivity contribution in [2.75, 3.05) is 5.88 Å². The van der Waals surface area contributed by atoms with Crippen LogP contribution in [0.3, 0.4) is 0 Å². The number of rotatable bonds is 6. The number of halogens is 2. The normalized spacial score (nSPS) is 17.8. The first-order valence-electron chi connectivity index (χ1n) is 6.71. The Morgan fingerprint density at radius 2 is 2.11 bits per heavy atom. The van der Waals surface area contributed by atoms with Crippen molar-refractivity contribution < 1.29 is 0 Å². The molecule has 18 heavy (non-hydrogen) atoms. The fourth-order valence-corrected chi connectivity index (χ4v) is 3.12. The summed E-state index contributed by atoms with van der Waals surface area (Å²) in [5.74, 6) is 0.672. The molecule has 0 unspecified atom stereocenters. The van der Waals surface area contributed by atoms with Crippen molar-refractivity contribution >= 4 is 23.2 Å². The van der Waals surface area contributed by atoms with Crippen LogP contribution in [0.15, 0.2) is 0 Å². The second-order valence-corrected chi connectivity index (χ2v) is 5.64. The van der Waals surface area contributed by atoms with E-state index in [0.29, 0.717) is 5.88 Å². The van der Waals surface area contributed by atoms with Gasteiger partial charge in [0.25, 0.3) is 0 Å². The lowest BCUT2D eigenvalue weighted by atomic mass is 9.78. The Morgan fingerprint density at radius 3 is 2.56 bits per heavy atom. The number of nitrogens with zero attached hydrogens (tertiary/aromatic N) is 2. The Labute approximate surface area is 119 Å². The molecule has 1 aliphatic rings. The van der Waals surface area contributed by atoms with Crippen LogP contribution in [0.1, 0.15) is 44.5 Å². The van der Waals surface area contributed by atoms with Crippen LogP contribution in [0.4, 0.5) is 0 Å². The van der Waals surface area contributed by atoms with Gasteiger partial charge in [-0.25, -0.2) is 0 Å². The maximum Gasteiger partial charge on any atom is 0.0863 e. The quantitative estimate of drug-likeness (QED) is 0.814. The summed E-state index contributed by atoms with van der Waals surface area (Å²) in [6.45, 7) is 5.78. The average Bonchev–Trinajstić information content (AvgIpc) is 2.65. The van der Waals surface area contributed by atoms with Gasteiger partial charge in [-0.05, 0) is 32.6 Å². The first-order chi connectivity index (χ1) is 8.65. The molecule has 1 heterocycles. The maximum atomic E-state index is 6.39. The summed E-state index contributed by atoms with van der Waals surface area (Å²) in [5.41, 5.74) is 2.20. The highest BCUT2D eigenvalue weighted by Crippen LogP contribution is 2.33. The van der Waals surface area contributed by atoms with Crippen molar-refractivity contribution in [1.82, 2.24) is 15.1 Å². The fourth-order valence-electron chi connectivity index (χ4n) is 2.42. The highest BCUT2D eigenvalue weighted by Gasteiger charge is 2.35. The van der Waals surface area contributed by atoms with E-state index in [1.165, 1.54) is 6.42 Å². The Morgan fingerprint density at radius 1 is 1.39 bits per heavy atom. The average molecular weight is 290 g/mol. The van der Waals surface area contributed by atoms with Gasteiger partial charge in [-0.1, -0.05) is 18.5 Å². The lowest BCUT2D eigenvalue weighted by Crippen LogP contribution is -2.52. The third-order valence-corrected chi connectivity index (χ3v) is 4.84. The lowest BCUT2D eigenvalue weighted by molar-refractivity contribution is 0.209. The van der Waals surface area contributed by atoms with Gasteiger partial charge in [0.15, 0.2) is 0 Å². The Bertz CT molecular complexity index is 405. The van der Waals surface area contributed by atoms with Gasteiger partial charge < -0.3 is 5.32 Å². The highest BCUT2D eigenvalue weighted by molar-refractivity contribution is 6.31. The molecular formula is C13H21Cl2N3. The van der Waals surface area contributed by atoms with E-state index >= 15 is 0 Å². The summed E-state index contributed by atoms with van der Waals surface area (Å²) < 4.78 is 1.99. The van der Waals surface area contributed by atoms with E-state index in [0.717, 1.165) is 48.8 Å². The number of hydrogen-bond donors (Lipinski definition) is 1. The molecule has 0 saturated heterocycles. The van der Waals surface area contributed by atoms with E-state index in [4.69, 9.17) is 23.2 Å². The molecule has 1 aromatic heterocycles. The van der Waals surface area contributed by atoms with Crippen LogP contribution < -0.4 is 5.32 Å². The van der Waals surface area contributed by atoms with Crippen molar-refractivity contribution in [1.29, 1.82) is 0 Å². The fraction of sp³-hybridized carbons (Fsp3) is 0.769. The van der Waals surface area contributed by atoms with Gasteiger partial charge >= 0.3 is 0 Å². The molecule has 1 fully saturated rings. The van der Waals surface area contributed by atoms with Crippen molar-refractivity contribution in [2.24, 2.45) is 0 Å². The molecule has 0 aromatic carbocycles. The maximum absolute atomic E-state index is 6.39. The Kier molecular flexibility index (Phi) is 4.57. The van der Waals surface area contributed by atoms with E-state index in [9.17, 15) is 0 Å². The van der Waals surface area contributed by atoms with Gasteiger partial charge in [0, 0.05) is 24.5 Å². The molecule has 1 N–H and O–H groups in total. The van der Waals surface area contributed by atoms with Crippen molar-refractivity contribution in [3.05, 3.63) is 16.4 Å². The smallest absolute Gasteiger partial charge is 0.0863 e. The van der Waals surface area contributed by atoms with Crippen LogP contribution in [0, 0.1) is 0 Å². The predicted molar refractivity (Wildman–Crippen MR) is 76.4 cm³/mol. The van der Waals surface area contributed by atoms with Crippen molar-refractivity contribution in [2.45, 2.75) is 58.2 Å². The molecule has 5 heteroatoms. The summed E-state index contributed by atoms with van der Waals surface area (Å²) in [7, 11) is 0. The van der Waals surface area contributed by atoms with E-state index in [2.05, 4.69) is 24.3 Å². The minimum atomic E-state index is 0.125. The standard InChI is InChI=1S/C13H21Cl2N3/c1-3-10-12(15)11(18(4-2)17-10)8-16-13(9-14)6-5-7-13/h16H,3-9H2,1-2H3. The van der Waals surface area contributed by atoms with Crippen LogP contribution in [0.5, 0.6) is 0 Å². The van der Waals surface area contributed by atoms with E-state index in [-0.39, 0.29) is 5.54 Å². The summed E-state index contributed by atoms with van der Waals surface area (Å²) in [4.78, 5) is 0. The molecule has 0 spiro atoms. The topological polar surface area (TPSA) is 29.9 Å². The lowest BCUT2D eigenvalue weighted by Gasteiger charge is -2.41. The summed E-state index contributed by atoms with van der Waals surface area (Å²) in [6.07, 6.45) is 4.46. The Hall–Kier alpha value is -0.250. The van der Waals surface area contributed by atoms with Crippen LogP contribution >= 0.6 is 23.2 Å². The monoisotopic (exact) mass is 289 g/mol. The van der Waals surface area contributed by atoms with Gasteiger partial charge in [0.05, 0.1) is 16.4 Å². The number of nitrogens with one attached hydrogen (secondary N) is 1. The minimum absolute atomic E-state index is 0.125. The largest absolute Gasteiger partial charge is 0.304 e. The second-order valence-electron chi connectivity index (χ2n) is 5.00. The van der Waals surface area contributed by atoms with Crippen LogP contribution in [-0.2, 0) is 19.5 Å². The van der Waals surface area contributed by atoms with E-state index in [1.807, 2.05) is 4.68 Å². The van der Waals surface area contributed by atoms with Crippen LogP contribution in [-0.4, -0.2) is 21.2 Å². The van der Waals surface area contributed by atoms with E-state index < -0.39 is 0 Å². The minimum Gasteiger partial charge on any atom is -0.304 e. The molecule has 0 aliphatic heterocycles. The SMILES string of the molecule is CCc1nn(CC)c(CNC2(CCl)CCC2)c1Cl. The second kappa shape index (κ2) is 5.81. The third kappa shape index (κ3) is 2.54. The first-order valence-corrected chi connectivity index (χ1v) is 7.62. The molecule has 3 nitrogen and oxygen atoms in total. The van der Waals surface area contributed by atoms with Crippen molar-refractivity contribution in [3.63, 3.8) is 0 Å². The third-order valence-electron chi connectivity index (χ3n) is 3.89. The van der Waals surface area contributed by atoms with E-state index in [1.54, 1.807) is 0 Å². The first kappa shape index (κ1) is 14.2. The molecule has 1 saturated carbocycles. The zero-order valence-electron chi connectivity index (χ0n) is 11.1. The molecular weight excluding hydrogens is 269 g/mol. The summed E-state index contributed by atoms with van der Waals surface area (Å²) in [5, 5.41) is 8.92. The van der Waals surface area contributed by atoms with Gasteiger partial charge in [-0.15, -0.1) is 11.6 Å². The van der Waals surface area contributed by atoms with Gasteiger partial charge in [0.1, 0.15) is 0 Å². The van der Waals surface area contributed by atoms with Gasteiger partial charge in [-0.2, -0.15) is 5.10 Å². The predicted octanol–water partition coefficient (Wildman–Crippen LogP) is 3.37. The van der Waals surface area contributed by atoms with Crippen LogP contribution in [0.25, 0.3) is 0 Å². The highest BCUT2D eigenvalue weighted by atomic mass is 35.5. The van der Waals surface area contributed by atoms with Gasteiger partial charge in [0.2, 0.25) is 0 Å². The summed E-state index contributed by atoms with van der Waals surface area (Å²) in [6, 6.07) is 0.